The monoisotopic (exact) mass is 490 g/mol. The summed E-state index contributed by atoms with van der Waals surface area (Å²) in [6.07, 6.45) is 1.60. The van der Waals surface area contributed by atoms with Crippen LogP contribution in [0.2, 0.25) is 5.02 Å². The van der Waals surface area contributed by atoms with Crippen LogP contribution in [0.3, 0.4) is 0 Å². The number of aromatic nitrogens is 3. The second kappa shape index (κ2) is 10.2. The van der Waals surface area contributed by atoms with E-state index in [1.165, 1.54) is 0 Å². The Balaban J connectivity index is 1.36. The van der Waals surface area contributed by atoms with Crippen LogP contribution in [0.5, 0.6) is 0 Å². The molecule has 35 heavy (non-hydrogen) atoms. The molecule has 1 fully saturated rings. The van der Waals surface area contributed by atoms with E-state index in [-0.39, 0.29) is 12.6 Å². The van der Waals surface area contributed by atoms with E-state index in [4.69, 9.17) is 26.4 Å². The average molecular weight is 491 g/mol. The van der Waals surface area contributed by atoms with E-state index in [1.807, 2.05) is 12.1 Å². The van der Waals surface area contributed by atoms with Gasteiger partial charge in [0, 0.05) is 36.2 Å². The molecule has 0 radical (unpaired) electrons. The number of rotatable bonds is 5. The second-order valence-corrected chi connectivity index (χ2v) is 8.44. The van der Waals surface area contributed by atoms with Gasteiger partial charge in [-0.25, -0.2) is 19.7 Å². The van der Waals surface area contributed by atoms with E-state index in [9.17, 15) is 4.79 Å². The maximum absolute atomic E-state index is 12.4. The summed E-state index contributed by atoms with van der Waals surface area (Å²) in [4.78, 5) is 28.5. The van der Waals surface area contributed by atoms with Gasteiger partial charge in [0.2, 0.25) is 0 Å². The molecule has 9 nitrogen and oxygen atoms in total. The van der Waals surface area contributed by atoms with Crippen LogP contribution >= 0.6 is 11.6 Å². The Bertz CT molecular complexity index is 1340. The van der Waals surface area contributed by atoms with Crippen LogP contribution < -0.4 is 15.5 Å². The van der Waals surface area contributed by atoms with Crippen LogP contribution in [0.15, 0.2) is 60.8 Å². The molecule has 0 spiro atoms. The molecule has 0 bridgehead atoms. The number of hydrogen-bond donors (Lipinski definition) is 3. The van der Waals surface area contributed by atoms with Gasteiger partial charge < -0.3 is 25.4 Å². The van der Waals surface area contributed by atoms with E-state index >= 15 is 0 Å². The van der Waals surface area contributed by atoms with Crippen molar-refractivity contribution in [2.45, 2.75) is 6.61 Å². The summed E-state index contributed by atoms with van der Waals surface area (Å²) in [5.41, 5.74) is 4.19. The van der Waals surface area contributed by atoms with Gasteiger partial charge in [-0.3, -0.25) is 0 Å². The van der Waals surface area contributed by atoms with Crippen molar-refractivity contribution in [3.8, 4) is 11.4 Å². The number of fused-ring (bicyclic) bond motifs is 1. The molecule has 4 aromatic rings. The number of ether oxygens (including phenoxy) is 1. The van der Waals surface area contributed by atoms with Crippen molar-refractivity contribution >= 4 is 45.9 Å². The number of urea groups is 1. The second-order valence-electron chi connectivity index (χ2n) is 8.00. The number of carbonyl (C=O) groups is 1. The van der Waals surface area contributed by atoms with Crippen molar-refractivity contribution in [1.82, 2.24) is 15.0 Å². The first-order valence-corrected chi connectivity index (χ1v) is 11.5. The first-order valence-electron chi connectivity index (χ1n) is 11.1. The number of nitrogens with zero attached hydrogens (tertiary/aromatic N) is 4. The number of nitrogens with one attached hydrogen (secondary N) is 2. The van der Waals surface area contributed by atoms with E-state index in [0.29, 0.717) is 46.5 Å². The fraction of sp³-hybridized carbons (Fsp3) is 0.200. The highest BCUT2D eigenvalue weighted by molar-refractivity contribution is 6.31. The van der Waals surface area contributed by atoms with Gasteiger partial charge in [-0.1, -0.05) is 23.7 Å². The number of carbonyl (C=O) groups excluding carboxylic acids is 1. The first kappa shape index (κ1) is 23.0. The summed E-state index contributed by atoms with van der Waals surface area (Å²) in [6, 6.07) is 15.7. The minimum atomic E-state index is -0.369. The van der Waals surface area contributed by atoms with Crippen LogP contribution in [0, 0.1) is 0 Å². The summed E-state index contributed by atoms with van der Waals surface area (Å²) in [7, 11) is 0. The number of pyridine rings is 1. The molecular formula is C25H23ClN6O3. The number of morpholine rings is 1. The minimum absolute atomic E-state index is 0.0444. The predicted octanol–water partition coefficient (Wildman–Crippen LogP) is 4.32. The fourth-order valence-electron chi connectivity index (χ4n) is 3.79. The molecule has 178 valence electrons. The Morgan fingerprint density at radius 2 is 1.66 bits per heavy atom. The third kappa shape index (κ3) is 5.32. The maximum atomic E-state index is 12.4. The molecule has 2 aromatic carbocycles. The zero-order valence-electron chi connectivity index (χ0n) is 18.7. The molecule has 0 aliphatic carbocycles. The van der Waals surface area contributed by atoms with Crippen LogP contribution in [0.1, 0.15) is 5.56 Å². The van der Waals surface area contributed by atoms with Crippen molar-refractivity contribution in [1.29, 1.82) is 0 Å². The smallest absolute Gasteiger partial charge is 0.323 e. The highest BCUT2D eigenvalue weighted by Crippen LogP contribution is 2.29. The molecule has 3 N–H and O–H groups in total. The zero-order valence-corrected chi connectivity index (χ0v) is 19.5. The number of amides is 2. The molecule has 1 aliphatic rings. The topological polar surface area (TPSA) is 112 Å². The molecule has 10 heteroatoms. The lowest BCUT2D eigenvalue weighted by Gasteiger charge is -2.28. The van der Waals surface area contributed by atoms with Gasteiger partial charge >= 0.3 is 6.03 Å². The van der Waals surface area contributed by atoms with Gasteiger partial charge in [0.1, 0.15) is 5.52 Å². The summed E-state index contributed by atoms with van der Waals surface area (Å²) >= 11 is 6.18. The highest BCUT2D eigenvalue weighted by Gasteiger charge is 2.19. The van der Waals surface area contributed by atoms with Crippen molar-refractivity contribution < 1.29 is 14.6 Å². The Labute approximate surface area is 206 Å². The fourth-order valence-corrected chi connectivity index (χ4v) is 3.94. The molecule has 1 saturated heterocycles. The normalized spacial score (nSPS) is 13.6. The Hall–Kier alpha value is -3.79. The number of hydrogen-bond acceptors (Lipinski definition) is 7. The summed E-state index contributed by atoms with van der Waals surface area (Å²) in [5, 5.41) is 15.2. The summed E-state index contributed by atoms with van der Waals surface area (Å²) < 4.78 is 5.48. The first-order chi connectivity index (χ1) is 17.1. The van der Waals surface area contributed by atoms with Gasteiger partial charge in [0.15, 0.2) is 11.6 Å². The third-order valence-electron chi connectivity index (χ3n) is 5.59. The predicted molar refractivity (Wildman–Crippen MR) is 136 cm³/mol. The number of aliphatic hydroxyl groups is 1. The van der Waals surface area contributed by atoms with Crippen molar-refractivity contribution in [3.63, 3.8) is 0 Å². The van der Waals surface area contributed by atoms with E-state index in [1.54, 1.807) is 48.7 Å². The summed E-state index contributed by atoms with van der Waals surface area (Å²) in [5.74, 6) is 1.29. The SMILES string of the molecule is O=C(Nc1ccc(CO)cc1)Nc1ccc(-c2nc(N3CCOCC3)c3ncc(Cl)cc3n2)cc1. The molecule has 5 rings (SSSR count). The van der Waals surface area contributed by atoms with Crippen molar-refractivity contribution in [2.75, 3.05) is 41.8 Å². The molecule has 0 saturated carbocycles. The molecule has 0 unspecified atom stereocenters. The number of aliphatic hydroxyl groups excluding tert-OH is 1. The van der Waals surface area contributed by atoms with Gasteiger partial charge in [-0.2, -0.15) is 0 Å². The van der Waals surface area contributed by atoms with Crippen LogP contribution in [-0.2, 0) is 11.3 Å². The molecule has 1 aliphatic heterocycles. The van der Waals surface area contributed by atoms with Crippen LogP contribution in [0.25, 0.3) is 22.4 Å². The Morgan fingerprint density at radius 3 is 2.31 bits per heavy atom. The molecule has 3 heterocycles. The highest BCUT2D eigenvalue weighted by atomic mass is 35.5. The standard InChI is InChI=1S/C25H23ClN6O3/c26-18-13-21-22(27-14-18)24(32-9-11-35-12-10-32)31-23(30-21)17-3-7-20(8-4-17)29-25(34)28-19-5-1-16(15-33)2-6-19/h1-8,13-14,33H,9-12,15H2,(H2,28,29,34). The average Bonchev–Trinajstić information content (AvgIpc) is 2.89. The lowest BCUT2D eigenvalue weighted by molar-refractivity contribution is 0.122. The van der Waals surface area contributed by atoms with Gasteiger partial charge in [-0.05, 0) is 48.0 Å². The molecule has 2 aromatic heterocycles. The zero-order chi connectivity index (χ0) is 24.2. The number of benzene rings is 2. The lowest BCUT2D eigenvalue weighted by Crippen LogP contribution is -2.37. The van der Waals surface area contributed by atoms with Crippen molar-refractivity contribution in [2.24, 2.45) is 0 Å². The minimum Gasteiger partial charge on any atom is -0.392 e. The largest absolute Gasteiger partial charge is 0.392 e. The molecule has 0 atom stereocenters. The van der Waals surface area contributed by atoms with Crippen LogP contribution in [0.4, 0.5) is 22.0 Å². The quantitative estimate of drug-likeness (QED) is 0.382. The maximum Gasteiger partial charge on any atom is 0.323 e. The van der Waals surface area contributed by atoms with Gasteiger partial charge in [0.25, 0.3) is 0 Å². The third-order valence-corrected chi connectivity index (χ3v) is 5.80. The van der Waals surface area contributed by atoms with Crippen LogP contribution in [-0.4, -0.2) is 52.4 Å². The van der Waals surface area contributed by atoms with E-state index < -0.39 is 0 Å². The lowest BCUT2D eigenvalue weighted by atomic mass is 10.2. The van der Waals surface area contributed by atoms with E-state index in [0.717, 1.165) is 30.0 Å². The van der Waals surface area contributed by atoms with Gasteiger partial charge in [-0.15, -0.1) is 0 Å². The van der Waals surface area contributed by atoms with Gasteiger partial charge in [0.05, 0.1) is 30.4 Å². The molecule has 2 amide bonds. The Kier molecular flexibility index (Phi) is 6.71. The van der Waals surface area contributed by atoms with Crippen molar-refractivity contribution in [3.05, 3.63) is 71.4 Å². The Morgan fingerprint density at radius 1 is 1.00 bits per heavy atom. The molecular weight excluding hydrogens is 468 g/mol. The number of halogens is 1. The van der Waals surface area contributed by atoms with E-state index in [2.05, 4.69) is 25.5 Å². The number of anilines is 3. The summed E-state index contributed by atoms with van der Waals surface area (Å²) in [6.45, 7) is 2.65.